The first-order chi connectivity index (χ1) is 15.6. The lowest BCUT2D eigenvalue weighted by Gasteiger charge is -2.53. The number of ether oxygens (including phenoxy) is 3. The predicted molar refractivity (Wildman–Crippen MR) is 120 cm³/mol. The van der Waals surface area contributed by atoms with Gasteiger partial charge in [0.05, 0.1) is 25.7 Å². The van der Waals surface area contributed by atoms with Crippen LogP contribution in [0.1, 0.15) is 51.7 Å². The Hall–Kier alpha value is -2.81. The van der Waals surface area contributed by atoms with Crippen LogP contribution in [0, 0.1) is 11.8 Å². The van der Waals surface area contributed by atoms with Gasteiger partial charge in [0.1, 0.15) is 23.1 Å². The number of nitrogens with zero attached hydrogens (tertiary/aromatic N) is 1. The van der Waals surface area contributed by atoms with Crippen molar-refractivity contribution < 1.29 is 28.6 Å². The number of methoxy groups -OCH3 is 1. The maximum absolute atomic E-state index is 13.1. The molecule has 9 nitrogen and oxygen atoms in total. The van der Waals surface area contributed by atoms with E-state index in [-0.39, 0.29) is 42.3 Å². The second kappa shape index (κ2) is 8.85. The Bertz CT molecular complexity index is 932. The summed E-state index contributed by atoms with van der Waals surface area (Å²) in [6.07, 6.45) is 1.26. The number of fused-ring (bicyclic) bond motifs is 4. The Labute approximate surface area is 193 Å². The van der Waals surface area contributed by atoms with E-state index in [0.717, 1.165) is 23.5 Å². The molecule has 0 radical (unpaired) electrons. The maximum Gasteiger partial charge on any atom is 0.245 e. The number of hydrogen-bond acceptors (Lipinski definition) is 6. The molecule has 3 aliphatic heterocycles. The van der Waals surface area contributed by atoms with Crippen molar-refractivity contribution in [1.82, 2.24) is 10.2 Å². The van der Waals surface area contributed by atoms with E-state index in [0.29, 0.717) is 19.5 Å². The Kier molecular flexibility index (Phi) is 6.26. The standard InChI is InChI=1S/C24H33N3O6/c1-13(28)26-18(11-21(25)29)23(30)27-8-7-19-14(12-27)9-17-22(32-19)16-6-5-15(31-4)10-20(16)33-24(17,2)3/h5-6,10,14,17-19,22H,7-9,11-12H2,1-4H3,(H2,25,29)(H,26,28)/t14-,17+,18-,19+,22-/m1/s1. The SMILES string of the molecule is COc1ccc2c(c1)OC(C)(C)[C@H]1C[C@@H]3CN(C(=O)[C@@H](CC(N)=O)NC(C)=O)CC[C@@H]3O[C@H]21. The van der Waals surface area contributed by atoms with Crippen molar-refractivity contribution in [3.05, 3.63) is 23.8 Å². The lowest BCUT2D eigenvalue weighted by Crippen LogP contribution is -2.58. The number of benzene rings is 1. The van der Waals surface area contributed by atoms with Gasteiger partial charge in [-0.3, -0.25) is 14.4 Å². The van der Waals surface area contributed by atoms with E-state index in [2.05, 4.69) is 19.2 Å². The van der Waals surface area contributed by atoms with E-state index >= 15 is 0 Å². The summed E-state index contributed by atoms with van der Waals surface area (Å²) in [6.45, 7) is 6.47. The van der Waals surface area contributed by atoms with Crippen molar-refractivity contribution >= 4 is 17.7 Å². The lowest BCUT2D eigenvalue weighted by atomic mass is 9.70. The molecule has 0 spiro atoms. The molecule has 33 heavy (non-hydrogen) atoms. The number of carbonyl (C=O) groups is 3. The molecule has 3 aliphatic rings. The number of amides is 3. The predicted octanol–water partition coefficient (Wildman–Crippen LogP) is 1.54. The number of rotatable bonds is 5. The second-order valence-corrected chi connectivity index (χ2v) is 9.80. The third kappa shape index (κ3) is 4.64. The Balaban J connectivity index is 1.51. The molecule has 3 heterocycles. The van der Waals surface area contributed by atoms with E-state index in [1.165, 1.54) is 6.92 Å². The molecule has 2 fully saturated rings. The fraction of sp³-hybridized carbons (Fsp3) is 0.625. The van der Waals surface area contributed by atoms with Crippen LogP contribution in [0.5, 0.6) is 11.5 Å². The maximum atomic E-state index is 13.1. The molecule has 9 heteroatoms. The summed E-state index contributed by atoms with van der Waals surface area (Å²) >= 11 is 0. The number of hydrogen-bond donors (Lipinski definition) is 2. The number of likely N-dealkylation sites (tertiary alicyclic amines) is 1. The zero-order valence-electron chi connectivity index (χ0n) is 19.6. The normalized spacial score (nSPS) is 28.3. The fourth-order valence-corrected chi connectivity index (χ4v) is 5.48. The monoisotopic (exact) mass is 459 g/mol. The number of nitrogens with two attached hydrogens (primary N) is 1. The molecule has 0 bridgehead atoms. The van der Waals surface area contributed by atoms with Gasteiger partial charge in [0.25, 0.3) is 0 Å². The lowest BCUT2D eigenvalue weighted by molar-refractivity contribution is -0.189. The summed E-state index contributed by atoms with van der Waals surface area (Å²) in [7, 11) is 1.63. The van der Waals surface area contributed by atoms with Crippen LogP contribution in [0.25, 0.3) is 0 Å². The first kappa shape index (κ1) is 23.4. The smallest absolute Gasteiger partial charge is 0.245 e. The molecule has 1 aromatic carbocycles. The number of piperidine rings is 1. The van der Waals surface area contributed by atoms with Gasteiger partial charge in [0, 0.05) is 43.5 Å². The van der Waals surface area contributed by atoms with Crippen LogP contribution < -0.4 is 20.5 Å². The minimum atomic E-state index is -0.940. The van der Waals surface area contributed by atoms with Crippen LogP contribution in [0.2, 0.25) is 0 Å². The highest BCUT2D eigenvalue weighted by Gasteiger charge is 2.51. The average molecular weight is 460 g/mol. The van der Waals surface area contributed by atoms with Gasteiger partial charge in [0.2, 0.25) is 17.7 Å². The van der Waals surface area contributed by atoms with Crippen LogP contribution in [-0.2, 0) is 19.1 Å². The Morgan fingerprint density at radius 1 is 1.33 bits per heavy atom. The number of primary amides is 1. The molecule has 2 saturated heterocycles. The Morgan fingerprint density at radius 3 is 2.76 bits per heavy atom. The van der Waals surface area contributed by atoms with E-state index in [1.54, 1.807) is 12.0 Å². The Morgan fingerprint density at radius 2 is 2.09 bits per heavy atom. The highest BCUT2D eigenvalue weighted by Crippen LogP contribution is 2.53. The summed E-state index contributed by atoms with van der Waals surface area (Å²) < 4.78 is 18.4. The van der Waals surface area contributed by atoms with E-state index in [1.807, 2.05) is 18.2 Å². The molecule has 4 rings (SSSR count). The highest BCUT2D eigenvalue weighted by atomic mass is 16.5. The molecule has 0 saturated carbocycles. The molecule has 3 N–H and O–H groups in total. The van der Waals surface area contributed by atoms with Crippen molar-refractivity contribution in [3.63, 3.8) is 0 Å². The molecular formula is C24H33N3O6. The third-order valence-corrected chi connectivity index (χ3v) is 7.09. The third-order valence-electron chi connectivity index (χ3n) is 7.09. The van der Waals surface area contributed by atoms with E-state index < -0.39 is 17.6 Å². The van der Waals surface area contributed by atoms with Gasteiger partial charge < -0.3 is 30.2 Å². The topological polar surface area (TPSA) is 120 Å². The minimum absolute atomic E-state index is 0.0227. The average Bonchev–Trinajstić information content (AvgIpc) is 2.75. The molecule has 1 aromatic rings. The van der Waals surface area contributed by atoms with Gasteiger partial charge in [-0.15, -0.1) is 0 Å². The minimum Gasteiger partial charge on any atom is -0.497 e. The molecule has 0 unspecified atom stereocenters. The van der Waals surface area contributed by atoms with Gasteiger partial charge in [-0.1, -0.05) is 0 Å². The van der Waals surface area contributed by atoms with Crippen LogP contribution in [0.15, 0.2) is 18.2 Å². The van der Waals surface area contributed by atoms with E-state index in [4.69, 9.17) is 19.9 Å². The van der Waals surface area contributed by atoms with Crippen molar-refractivity contribution in [3.8, 4) is 11.5 Å². The summed E-state index contributed by atoms with van der Waals surface area (Å²) in [5, 5.41) is 2.57. The van der Waals surface area contributed by atoms with Crippen LogP contribution in [-0.4, -0.2) is 60.6 Å². The van der Waals surface area contributed by atoms with Crippen molar-refractivity contribution in [2.45, 2.75) is 63.9 Å². The molecule has 0 aromatic heterocycles. The summed E-state index contributed by atoms with van der Waals surface area (Å²) in [5.74, 6) is 0.511. The van der Waals surface area contributed by atoms with Crippen LogP contribution in [0.4, 0.5) is 0 Å². The van der Waals surface area contributed by atoms with Gasteiger partial charge >= 0.3 is 0 Å². The molecule has 0 aliphatic carbocycles. The molecule has 3 amide bonds. The van der Waals surface area contributed by atoms with Gasteiger partial charge in [-0.2, -0.15) is 0 Å². The second-order valence-electron chi connectivity index (χ2n) is 9.80. The van der Waals surface area contributed by atoms with Gasteiger partial charge in [-0.05, 0) is 38.8 Å². The van der Waals surface area contributed by atoms with Crippen molar-refractivity contribution in [2.75, 3.05) is 20.2 Å². The number of nitrogens with one attached hydrogen (secondary N) is 1. The van der Waals surface area contributed by atoms with Gasteiger partial charge in [0.15, 0.2) is 0 Å². The van der Waals surface area contributed by atoms with Crippen LogP contribution in [0.3, 0.4) is 0 Å². The molecular weight excluding hydrogens is 426 g/mol. The summed E-state index contributed by atoms with van der Waals surface area (Å²) in [4.78, 5) is 37.8. The van der Waals surface area contributed by atoms with Gasteiger partial charge in [-0.25, -0.2) is 0 Å². The first-order valence-corrected chi connectivity index (χ1v) is 11.5. The first-order valence-electron chi connectivity index (χ1n) is 11.5. The summed E-state index contributed by atoms with van der Waals surface area (Å²) in [6, 6.07) is 4.91. The van der Waals surface area contributed by atoms with Crippen molar-refractivity contribution in [1.29, 1.82) is 0 Å². The van der Waals surface area contributed by atoms with Crippen molar-refractivity contribution in [2.24, 2.45) is 17.6 Å². The fourth-order valence-electron chi connectivity index (χ4n) is 5.48. The largest absolute Gasteiger partial charge is 0.497 e. The zero-order chi connectivity index (χ0) is 23.9. The highest BCUT2D eigenvalue weighted by molar-refractivity contribution is 5.91. The zero-order valence-corrected chi connectivity index (χ0v) is 19.6. The van der Waals surface area contributed by atoms with Crippen LogP contribution >= 0.6 is 0 Å². The molecule has 5 atom stereocenters. The quantitative estimate of drug-likeness (QED) is 0.689. The van der Waals surface area contributed by atoms with E-state index in [9.17, 15) is 14.4 Å². The molecule has 180 valence electrons. The summed E-state index contributed by atoms with van der Waals surface area (Å²) in [5.41, 5.74) is 5.88. The number of carbonyl (C=O) groups excluding carboxylic acids is 3.